The Bertz CT molecular complexity index is 2600. The lowest BCUT2D eigenvalue weighted by molar-refractivity contribution is -0.170. The van der Waals surface area contributed by atoms with Crippen LogP contribution in [0.25, 0.3) is 0 Å². The van der Waals surface area contributed by atoms with Crippen LogP contribution in [-0.2, 0) is 115 Å². The first-order chi connectivity index (χ1) is 42.2. The molecule has 0 radical (unpaired) electrons. The Labute approximate surface area is 562 Å². The Kier molecular flexibility index (Phi) is 27.0. The van der Waals surface area contributed by atoms with E-state index in [-0.39, 0.29) is 92.0 Å². The second kappa shape index (κ2) is 31.7. The van der Waals surface area contributed by atoms with Gasteiger partial charge in [0.05, 0.1) is 0 Å². The molecule has 4 aromatic rings. The zero-order chi connectivity index (χ0) is 70.7. The number of benzene rings is 4. The van der Waals surface area contributed by atoms with Crippen molar-refractivity contribution in [3.05, 3.63) is 115 Å². The van der Waals surface area contributed by atoms with E-state index >= 15 is 0 Å². The highest BCUT2D eigenvalue weighted by molar-refractivity contribution is 5.72. The van der Waals surface area contributed by atoms with Crippen molar-refractivity contribution in [2.75, 3.05) is 26.4 Å². The smallest absolute Gasteiger partial charge is 0.306 e. The molecule has 0 fully saturated rings. The Hall–Kier alpha value is -6.04. The molecule has 4 rings (SSSR count). The van der Waals surface area contributed by atoms with E-state index < -0.39 is 55.7 Å². The molecule has 0 heterocycles. The van der Waals surface area contributed by atoms with Crippen LogP contribution in [0.2, 0.25) is 0 Å². The molecule has 0 saturated carbocycles. The highest BCUT2D eigenvalue weighted by Gasteiger charge is 2.39. The van der Waals surface area contributed by atoms with Crippen LogP contribution >= 0.6 is 0 Å². The number of aromatic hydroxyl groups is 4. The van der Waals surface area contributed by atoms with E-state index in [1.54, 1.807) is 0 Å². The summed E-state index contributed by atoms with van der Waals surface area (Å²) < 4.78 is 24.7. The van der Waals surface area contributed by atoms with Crippen LogP contribution in [0.4, 0.5) is 0 Å². The first-order valence-corrected chi connectivity index (χ1v) is 34.2. The van der Waals surface area contributed by atoms with Gasteiger partial charge >= 0.3 is 23.9 Å². The quantitative estimate of drug-likeness (QED) is 0.0312. The Morgan fingerprint density at radius 3 is 0.505 bits per heavy atom. The molecule has 0 atom stereocenters. The molecule has 4 N–H and O–H groups in total. The third kappa shape index (κ3) is 30.1. The van der Waals surface area contributed by atoms with Gasteiger partial charge in [-0.25, -0.2) is 0 Å². The summed E-state index contributed by atoms with van der Waals surface area (Å²) in [6.45, 7) is 49.0. The number of rotatable bonds is 28. The maximum atomic E-state index is 14.3. The van der Waals surface area contributed by atoms with E-state index in [0.717, 1.165) is 66.8 Å². The lowest BCUT2D eigenvalue weighted by Gasteiger charge is -2.31. The number of phenols is 4. The van der Waals surface area contributed by atoms with Gasteiger partial charge in [-0.2, -0.15) is 0 Å². The summed E-state index contributed by atoms with van der Waals surface area (Å²) in [5, 5.41) is 46.1. The predicted molar refractivity (Wildman–Crippen MR) is 377 cm³/mol. The maximum absolute atomic E-state index is 14.3. The Morgan fingerprint density at radius 2 is 0.387 bits per heavy atom. The minimum absolute atomic E-state index is 0.0484. The van der Waals surface area contributed by atoms with Crippen molar-refractivity contribution in [3.8, 4) is 23.0 Å². The molecule has 12 nitrogen and oxygen atoms in total. The van der Waals surface area contributed by atoms with Crippen molar-refractivity contribution in [1.82, 2.24) is 0 Å². The molecule has 520 valence electrons. The zero-order valence-electron chi connectivity index (χ0n) is 62.3. The molecule has 4 aromatic carbocycles. The molecule has 0 bridgehead atoms. The van der Waals surface area contributed by atoms with Gasteiger partial charge < -0.3 is 39.4 Å². The highest BCUT2D eigenvalue weighted by atomic mass is 16.6. The molecule has 0 aliphatic carbocycles. The van der Waals surface area contributed by atoms with Crippen molar-refractivity contribution in [1.29, 1.82) is 0 Å². The summed E-state index contributed by atoms with van der Waals surface area (Å²) >= 11 is 0. The molecule has 0 aliphatic rings. The van der Waals surface area contributed by atoms with Gasteiger partial charge in [0.1, 0.15) is 54.8 Å². The van der Waals surface area contributed by atoms with Crippen LogP contribution in [0.5, 0.6) is 23.0 Å². The van der Waals surface area contributed by atoms with Gasteiger partial charge in [-0.3, -0.25) is 19.2 Å². The predicted octanol–water partition coefficient (Wildman–Crippen LogP) is 18.2. The van der Waals surface area contributed by atoms with Crippen molar-refractivity contribution < 1.29 is 58.6 Å². The average Bonchev–Trinajstić information content (AvgIpc) is 0.854. The third-order valence-electron chi connectivity index (χ3n) is 15.7. The van der Waals surface area contributed by atoms with Gasteiger partial charge in [0.15, 0.2) is 0 Å². The molecule has 12 heteroatoms. The van der Waals surface area contributed by atoms with Crippen molar-refractivity contribution in [2.45, 2.75) is 269 Å². The molecular formula is C81H124O12. The average molecular weight is 1290 g/mol. The third-order valence-corrected chi connectivity index (χ3v) is 15.7. The fourth-order valence-electron chi connectivity index (χ4n) is 12.0. The standard InChI is InChI=1S/C81H124O12/c1-73(2,3)41-57-33-53(34-58(69(57)86)42-74(4,5)6)25-29-65(82)90-49-81(50-91-66(83)30-26-54-35-59(43-75(7,8)9)70(87)60(36-54)44-76(10,11)12,51-92-67(84)31-27-55-37-61(45-77(13,14)15)71(88)62(38-55)46-78(16,17)18)52-93-68(85)32-28-56-39-63(47-79(19,20)21)72(89)64(40-56)48-80(22,23)24/h33-40,86-89H,25-32,41-52H2,1-24H3. The minimum Gasteiger partial charge on any atom is -0.507 e. The second-order valence-corrected chi connectivity index (χ2v) is 37.1. The van der Waals surface area contributed by atoms with E-state index in [9.17, 15) is 39.6 Å². The molecule has 0 saturated heterocycles. The maximum Gasteiger partial charge on any atom is 0.306 e. The summed E-state index contributed by atoms with van der Waals surface area (Å²) in [7, 11) is 0. The first kappa shape index (κ1) is 79.4. The lowest BCUT2D eigenvalue weighted by Crippen LogP contribution is -2.44. The number of aryl methyl sites for hydroxylation is 4. The van der Waals surface area contributed by atoms with Gasteiger partial charge in [-0.15, -0.1) is 0 Å². The minimum atomic E-state index is -1.58. The normalized spacial score (nSPS) is 13.1. The molecule has 0 unspecified atom stereocenters. The van der Waals surface area contributed by atoms with E-state index in [1.807, 2.05) is 48.5 Å². The van der Waals surface area contributed by atoms with E-state index in [2.05, 4.69) is 166 Å². The van der Waals surface area contributed by atoms with Gasteiger partial charge in [0, 0.05) is 25.7 Å². The van der Waals surface area contributed by atoms with Crippen molar-refractivity contribution >= 4 is 23.9 Å². The Balaban J connectivity index is 1.79. The second-order valence-electron chi connectivity index (χ2n) is 37.1. The zero-order valence-corrected chi connectivity index (χ0v) is 62.3. The Morgan fingerprint density at radius 1 is 0.258 bits per heavy atom. The van der Waals surface area contributed by atoms with Gasteiger partial charge in [0.2, 0.25) is 0 Å². The monoisotopic (exact) mass is 1290 g/mol. The summed E-state index contributed by atoms with van der Waals surface area (Å²) in [6, 6.07) is 15.7. The van der Waals surface area contributed by atoms with E-state index in [4.69, 9.17) is 18.9 Å². The summed E-state index contributed by atoms with van der Waals surface area (Å²) in [6.07, 6.45) is 5.95. The van der Waals surface area contributed by atoms with Crippen LogP contribution in [-0.4, -0.2) is 70.7 Å². The van der Waals surface area contributed by atoms with E-state index in [1.165, 1.54) is 0 Å². The molecule has 93 heavy (non-hydrogen) atoms. The molecule has 0 amide bonds. The number of ether oxygens (including phenoxy) is 4. The molecular weight excluding hydrogens is 1160 g/mol. The van der Waals surface area contributed by atoms with Crippen LogP contribution in [0.3, 0.4) is 0 Å². The number of carbonyl (C=O) groups excluding carboxylic acids is 4. The first-order valence-electron chi connectivity index (χ1n) is 34.2. The lowest BCUT2D eigenvalue weighted by atomic mass is 9.82. The summed E-state index contributed by atoms with van der Waals surface area (Å²) in [4.78, 5) is 57.0. The SMILES string of the molecule is CC(C)(C)Cc1cc(CCC(=O)OCC(COC(=O)CCc2cc(CC(C)(C)C)c(O)c(CC(C)(C)C)c2)(COC(=O)CCc2cc(CC(C)(C)C)c(O)c(CC(C)(C)C)c2)COC(=O)CCc2cc(CC(C)(C)C)c(O)c(CC(C)(C)C)c2)cc(CC(C)(C)C)c1O. The van der Waals surface area contributed by atoms with Crippen molar-refractivity contribution in [2.24, 2.45) is 48.7 Å². The van der Waals surface area contributed by atoms with Crippen LogP contribution in [0, 0.1) is 48.7 Å². The number of phenolic OH excluding ortho intramolecular Hbond substituents is 4. The van der Waals surface area contributed by atoms with Gasteiger partial charge in [-0.05, 0) is 187 Å². The topological polar surface area (TPSA) is 186 Å². The summed E-state index contributed by atoms with van der Waals surface area (Å²) in [5.41, 5.74) is 7.32. The largest absolute Gasteiger partial charge is 0.507 e. The number of hydrogen-bond acceptors (Lipinski definition) is 12. The molecule has 0 aliphatic heterocycles. The van der Waals surface area contributed by atoms with E-state index in [0.29, 0.717) is 77.0 Å². The molecule has 0 spiro atoms. The van der Waals surface area contributed by atoms with Gasteiger partial charge in [0.25, 0.3) is 0 Å². The number of carbonyl (C=O) groups is 4. The number of hydrogen-bond donors (Lipinski definition) is 4. The van der Waals surface area contributed by atoms with Gasteiger partial charge in [-0.1, -0.05) is 215 Å². The highest BCUT2D eigenvalue weighted by Crippen LogP contribution is 2.40. The fraction of sp³-hybridized carbons (Fsp3) is 0.654. The van der Waals surface area contributed by atoms with Crippen molar-refractivity contribution in [3.63, 3.8) is 0 Å². The number of esters is 4. The summed E-state index contributed by atoms with van der Waals surface area (Å²) in [5.74, 6) is -1.24. The molecule has 0 aromatic heterocycles. The van der Waals surface area contributed by atoms with Crippen LogP contribution in [0.1, 0.15) is 259 Å². The van der Waals surface area contributed by atoms with Crippen LogP contribution < -0.4 is 0 Å². The van der Waals surface area contributed by atoms with Crippen LogP contribution in [0.15, 0.2) is 48.5 Å². The fourth-order valence-corrected chi connectivity index (χ4v) is 12.0.